The van der Waals surface area contributed by atoms with E-state index in [9.17, 15) is 13.2 Å². The fourth-order valence-electron chi connectivity index (χ4n) is 5.67. The van der Waals surface area contributed by atoms with Gasteiger partial charge in [-0.15, -0.1) is 5.10 Å². The van der Waals surface area contributed by atoms with Gasteiger partial charge in [-0.25, -0.2) is 5.10 Å². The first-order chi connectivity index (χ1) is 15.9. The lowest BCUT2D eigenvalue weighted by atomic mass is 9.75. The van der Waals surface area contributed by atoms with Crippen LogP contribution < -0.4 is 0 Å². The fraction of sp³-hybridized carbons (Fsp3) is 0.542. The van der Waals surface area contributed by atoms with Crippen LogP contribution in [-0.2, 0) is 24.4 Å². The van der Waals surface area contributed by atoms with Crippen LogP contribution in [0.3, 0.4) is 0 Å². The molecular weight excluding hydrogens is 429 g/mol. The highest BCUT2D eigenvalue weighted by Gasteiger charge is 2.40. The molecule has 3 aromatic heterocycles. The molecule has 1 N–H and O–H groups in total. The molecule has 0 aliphatic heterocycles. The van der Waals surface area contributed by atoms with Crippen molar-refractivity contribution in [2.45, 2.75) is 82.7 Å². The van der Waals surface area contributed by atoms with Crippen LogP contribution in [0, 0.1) is 0 Å². The molecule has 3 aromatic rings. The lowest BCUT2D eigenvalue weighted by Gasteiger charge is -2.31. The van der Waals surface area contributed by atoms with Crippen LogP contribution in [0.15, 0.2) is 18.3 Å². The largest absolute Gasteiger partial charge is 0.433 e. The summed E-state index contributed by atoms with van der Waals surface area (Å²) in [6.45, 7) is 2.18. The quantitative estimate of drug-likeness (QED) is 0.500. The second kappa shape index (κ2) is 8.50. The zero-order valence-corrected chi connectivity index (χ0v) is 18.7. The van der Waals surface area contributed by atoms with Crippen molar-refractivity contribution >= 4 is 0 Å². The number of tetrazole rings is 1. The third-order valence-electron chi connectivity index (χ3n) is 7.39. The van der Waals surface area contributed by atoms with Gasteiger partial charge < -0.3 is 0 Å². The normalized spacial score (nSPS) is 18.2. The van der Waals surface area contributed by atoms with E-state index in [1.807, 2.05) is 0 Å². The number of aryl methyl sites for hydroxylation is 1. The van der Waals surface area contributed by atoms with Crippen molar-refractivity contribution in [2.24, 2.45) is 0 Å². The SMILES string of the molecule is CCC1(c2nc3c(c(-c4ccnc(C(F)(F)F)c4)c2-c2nnn[nH]2)CCCCC3)CCCC1. The predicted molar refractivity (Wildman–Crippen MR) is 117 cm³/mol. The minimum atomic E-state index is -4.52. The van der Waals surface area contributed by atoms with Crippen molar-refractivity contribution < 1.29 is 13.2 Å². The average molecular weight is 457 g/mol. The number of pyridine rings is 2. The Kier molecular flexibility index (Phi) is 5.66. The van der Waals surface area contributed by atoms with Crippen LogP contribution >= 0.6 is 0 Å². The molecule has 1 fully saturated rings. The predicted octanol–water partition coefficient (Wildman–Crippen LogP) is 5.83. The lowest BCUT2D eigenvalue weighted by Crippen LogP contribution is -2.25. The third kappa shape index (κ3) is 3.91. The Morgan fingerprint density at radius 3 is 2.52 bits per heavy atom. The van der Waals surface area contributed by atoms with Gasteiger partial charge in [0.05, 0.1) is 11.3 Å². The van der Waals surface area contributed by atoms with E-state index < -0.39 is 11.9 Å². The maximum Gasteiger partial charge on any atom is 0.433 e. The Hall–Kier alpha value is -2.84. The Balaban J connectivity index is 1.86. The van der Waals surface area contributed by atoms with Crippen LogP contribution in [0.5, 0.6) is 0 Å². The van der Waals surface area contributed by atoms with Crippen molar-refractivity contribution in [3.8, 4) is 22.5 Å². The minimum Gasteiger partial charge on any atom is -0.256 e. The van der Waals surface area contributed by atoms with Crippen LogP contribution in [0.25, 0.3) is 22.5 Å². The van der Waals surface area contributed by atoms with Crippen LogP contribution in [0.1, 0.15) is 80.9 Å². The second-order valence-corrected chi connectivity index (χ2v) is 9.21. The van der Waals surface area contributed by atoms with E-state index in [1.54, 1.807) is 6.07 Å². The summed E-state index contributed by atoms with van der Waals surface area (Å²) in [5, 5.41) is 14.7. The van der Waals surface area contributed by atoms with Gasteiger partial charge in [0.15, 0.2) is 5.82 Å². The maximum absolute atomic E-state index is 13.6. The Labute approximate surface area is 190 Å². The van der Waals surface area contributed by atoms with Crippen molar-refractivity contribution in [3.63, 3.8) is 0 Å². The Morgan fingerprint density at radius 1 is 1.03 bits per heavy atom. The molecule has 2 aliphatic carbocycles. The van der Waals surface area contributed by atoms with Crippen molar-refractivity contribution in [3.05, 3.63) is 41.0 Å². The number of aromatic nitrogens is 6. The van der Waals surface area contributed by atoms with Crippen LogP contribution in [-0.4, -0.2) is 30.6 Å². The third-order valence-corrected chi connectivity index (χ3v) is 7.39. The van der Waals surface area contributed by atoms with Gasteiger partial charge >= 0.3 is 6.18 Å². The zero-order chi connectivity index (χ0) is 23.1. The maximum atomic E-state index is 13.6. The molecule has 0 amide bonds. The molecule has 0 radical (unpaired) electrons. The topological polar surface area (TPSA) is 80.2 Å². The fourth-order valence-corrected chi connectivity index (χ4v) is 5.67. The first-order valence-electron chi connectivity index (χ1n) is 11.8. The van der Waals surface area contributed by atoms with Gasteiger partial charge in [0.25, 0.3) is 0 Å². The molecule has 6 nitrogen and oxygen atoms in total. The zero-order valence-electron chi connectivity index (χ0n) is 18.7. The summed E-state index contributed by atoms with van der Waals surface area (Å²) >= 11 is 0. The van der Waals surface area contributed by atoms with E-state index in [-0.39, 0.29) is 5.41 Å². The Bertz CT molecular complexity index is 1130. The molecule has 0 atom stereocenters. The second-order valence-electron chi connectivity index (χ2n) is 9.21. The summed E-state index contributed by atoms with van der Waals surface area (Å²) in [5.74, 6) is 0.463. The summed E-state index contributed by atoms with van der Waals surface area (Å²) in [6, 6.07) is 2.82. The van der Waals surface area contributed by atoms with Crippen molar-refractivity contribution in [1.29, 1.82) is 0 Å². The summed E-state index contributed by atoms with van der Waals surface area (Å²) in [4.78, 5) is 8.86. The first-order valence-corrected chi connectivity index (χ1v) is 11.8. The number of hydrogen-bond acceptors (Lipinski definition) is 5. The molecule has 2 aliphatic rings. The van der Waals surface area contributed by atoms with Gasteiger partial charge in [-0.05, 0) is 84.2 Å². The molecule has 33 heavy (non-hydrogen) atoms. The molecule has 3 heterocycles. The summed E-state index contributed by atoms with van der Waals surface area (Å²) in [5.41, 5.74) is 3.97. The van der Waals surface area contributed by atoms with Gasteiger partial charge in [0, 0.05) is 17.3 Å². The number of halogens is 3. The average Bonchev–Trinajstić information content (AvgIpc) is 3.46. The molecule has 9 heteroatoms. The van der Waals surface area contributed by atoms with Gasteiger partial charge in [-0.3, -0.25) is 9.97 Å². The first kappa shape index (κ1) is 22.0. The van der Waals surface area contributed by atoms with E-state index in [0.29, 0.717) is 11.4 Å². The van der Waals surface area contributed by atoms with E-state index in [2.05, 4.69) is 32.5 Å². The molecule has 0 bridgehead atoms. The molecular formula is C24H27F3N6. The van der Waals surface area contributed by atoms with Crippen molar-refractivity contribution in [2.75, 3.05) is 0 Å². The van der Waals surface area contributed by atoms with Gasteiger partial charge in [-0.2, -0.15) is 13.2 Å². The molecule has 0 saturated heterocycles. The summed E-state index contributed by atoms with van der Waals surface area (Å²) in [6.07, 6.45) is 6.58. The van der Waals surface area contributed by atoms with E-state index in [4.69, 9.17) is 4.98 Å². The minimum absolute atomic E-state index is 0.127. The van der Waals surface area contributed by atoms with Crippen LogP contribution in [0.2, 0.25) is 0 Å². The number of aromatic amines is 1. The number of alkyl halides is 3. The Morgan fingerprint density at radius 2 is 1.82 bits per heavy atom. The van der Waals surface area contributed by atoms with Gasteiger partial charge in [0.1, 0.15) is 5.69 Å². The highest BCUT2D eigenvalue weighted by Crippen LogP contribution is 2.50. The summed E-state index contributed by atoms with van der Waals surface area (Å²) in [7, 11) is 0. The van der Waals surface area contributed by atoms with E-state index in [0.717, 1.165) is 98.4 Å². The van der Waals surface area contributed by atoms with Gasteiger partial charge in [0.2, 0.25) is 0 Å². The number of nitrogens with one attached hydrogen (secondary N) is 1. The van der Waals surface area contributed by atoms with Crippen molar-refractivity contribution in [1.82, 2.24) is 30.6 Å². The summed E-state index contributed by atoms with van der Waals surface area (Å²) < 4.78 is 40.8. The number of hydrogen-bond donors (Lipinski definition) is 1. The molecule has 0 aromatic carbocycles. The molecule has 1 saturated carbocycles. The standard InChI is InChI=1S/C24H27F3N6/c1-2-23(11-6-7-12-23)21-20(22-30-32-33-31-22)19(16-8-4-3-5-9-17(16)29-21)15-10-13-28-18(14-15)24(25,26)27/h10,13-14H,2-9,11-12H2,1H3,(H,30,31,32,33). The highest BCUT2D eigenvalue weighted by molar-refractivity contribution is 5.86. The molecule has 5 rings (SSSR count). The van der Waals surface area contributed by atoms with E-state index in [1.165, 1.54) is 6.20 Å². The molecule has 174 valence electrons. The number of fused-ring (bicyclic) bond motifs is 1. The number of rotatable bonds is 4. The molecule has 0 unspecified atom stereocenters. The highest BCUT2D eigenvalue weighted by atomic mass is 19.4. The van der Waals surface area contributed by atoms with Crippen LogP contribution in [0.4, 0.5) is 13.2 Å². The lowest BCUT2D eigenvalue weighted by molar-refractivity contribution is -0.141. The molecule has 0 spiro atoms. The van der Waals surface area contributed by atoms with E-state index >= 15 is 0 Å². The van der Waals surface area contributed by atoms with Gasteiger partial charge in [-0.1, -0.05) is 26.2 Å². The smallest absolute Gasteiger partial charge is 0.256 e. The number of nitrogens with zero attached hydrogens (tertiary/aromatic N) is 5. The number of H-pyrrole nitrogens is 1. The monoisotopic (exact) mass is 456 g/mol.